The predicted molar refractivity (Wildman–Crippen MR) is 72.2 cm³/mol. The van der Waals surface area contributed by atoms with E-state index in [2.05, 4.69) is 35.4 Å². The molecular formula is C11H18N4S2. The maximum Gasteiger partial charge on any atom is 0.174 e. The van der Waals surface area contributed by atoms with Gasteiger partial charge >= 0.3 is 0 Å². The van der Waals surface area contributed by atoms with Crippen LogP contribution in [0, 0.1) is 11.3 Å². The first-order valence-corrected chi connectivity index (χ1v) is 7.44. The fourth-order valence-electron chi connectivity index (χ4n) is 1.56. The van der Waals surface area contributed by atoms with E-state index >= 15 is 0 Å². The molecule has 1 N–H and O–H groups in total. The number of hydrogen-bond acceptors (Lipinski definition) is 6. The van der Waals surface area contributed by atoms with E-state index in [1.165, 1.54) is 0 Å². The van der Waals surface area contributed by atoms with Crippen LogP contribution < -0.4 is 5.32 Å². The fourth-order valence-corrected chi connectivity index (χ4v) is 3.54. The second-order valence-corrected chi connectivity index (χ2v) is 6.73. The minimum Gasteiger partial charge on any atom is -0.300 e. The third-order valence-electron chi connectivity index (χ3n) is 2.35. The molecule has 0 spiro atoms. The average molecular weight is 270 g/mol. The maximum atomic E-state index is 9.24. The van der Waals surface area contributed by atoms with E-state index in [1.807, 2.05) is 6.92 Å². The van der Waals surface area contributed by atoms with Crippen molar-refractivity contribution in [3.05, 3.63) is 5.51 Å². The van der Waals surface area contributed by atoms with Gasteiger partial charge in [-0.15, -0.1) is 10.2 Å². The topological polar surface area (TPSA) is 61.6 Å². The summed E-state index contributed by atoms with van der Waals surface area (Å²) in [5.74, 6) is 0. The molecule has 6 heteroatoms. The van der Waals surface area contributed by atoms with Gasteiger partial charge in [0.1, 0.15) is 11.0 Å². The van der Waals surface area contributed by atoms with E-state index in [9.17, 15) is 5.26 Å². The molecule has 0 saturated carbocycles. The Kier molecular flexibility index (Phi) is 5.89. The van der Waals surface area contributed by atoms with E-state index in [1.54, 1.807) is 28.6 Å². The molecule has 1 aromatic rings. The lowest BCUT2D eigenvalue weighted by Crippen LogP contribution is -2.43. The molecule has 0 aliphatic heterocycles. The van der Waals surface area contributed by atoms with Crippen molar-refractivity contribution in [1.29, 1.82) is 5.26 Å². The van der Waals surface area contributed by atoms with Gasteiger partial charge in [-0.3, -0.25) is 5.32 Å². The zero-order valence-corrected chi connectivity index (χ0v) is 12.1. The third kappa shape index (κ3) is 5.02. The monoisotopic (exact) mass is 270 g/mol. The standard InChI is InChI=1S/C11H18N4S2/c1-4-5-13-11(3,7-12)6-9(2)17-10-15-14-8-16-10/h8-9,13H,4-6H2,1-3H3. The Morgan fingerprint density at radius 2 is 2.47 bits per heavy atom. The Balaban J connectivity index is 2.47. The molecule has 4 nitrogen and oxygen atoms in total. The van der Waals surface area contributed by atoms with Gasteiger partial charge < -0.3 is 0 Å². The molecule has 94 valence electrons. The van der Waals surface area contributed by atoms with Crippen LogP contribution in [0.3, 0.4) is 0 Å². The Morgan fingerprint density at radius 3 is 3.00 bits per heavy atom. The van der Waals surface area contributed by atoms with E-state index in [4.69, 9.17) is 0 Å². The fraction of sp³-hybridized carbons (Fsp3) is 0.727. The Morgan fingerprint density at radius 1 is 1.71 bits per heavy atom. The molecule has 17 heavy (non-hydrogen) atoms. The van der Waals surface area contributed by atoms with Crippen molar-refractivity contribution in [2.75, 3.05) is 6.54 Å². The van der Waals surface area contributed by atoms with Crippen LogP contribution >= 0.6 is 23.1 Å². The number of aromatic nitrogens is 2. The zero-order chi connectivity index (χ0) is 12.7. The molecule has 0 bridgehead atoms. The highest BCUT2D eigenvalue weighted by atomic mass is 32.2. The van der Waals surface area contributed by atoms with Gasteiger partial charge in [-0.25, -0.2) is 0 Å². The number of nitriles is 1. The molecule has 2 atom stereocenters. The van der Waals surface area contributed by atoms with E-state index in [0.717, 1.165) is 23.7 Å². The first-order valence-electron chi connectivity index (χ1n) is 5.68. The zero-order valence-electron chi connectivity index (χ0n) is 10.4. The van der Waals surface area contributed by atoms with Crippen LogP contribution in [-0.2, 0) is 0 Å². The van der Waals surface area contributed by atoms with Crippen molar-refractivity contribution in [1.82, 2.24) is 15.5 Å². The summed E-state index contributed by atoms with van der Waals surface area (Å²) >= 11 is 3.22. The van der Waals surface area contributed by atoms with Crippen LogP contribution in [0.5, 0.6) is 0 Å². The van der Waals surface area contributed by atoms with E-state index in [0.29, 0.717) is 5.25 Å². The normalized spacial score (nSPS) is 16.1. The van der Waals surface area contributed by atoms with Gasteiger partial charge in [-0.05, 0) is 26.3 Å². The van der Waals surface area contributed by atoms with Crippen molar-refractivity contribution in [3.63, 3.8) is 0 Å². The van der Waals surface area contributed by atoms with Crippen molar-refractivity contribution in [3.8, 4) is 6.07 Å². The number of nitrogens with one attached hydrogen (secondary N) is 1. The first-order chi connectivity index (χ1) is 8.09. The molecule has 1 rings (SSSR count). The summed E-state index contributed by atoms with van der Waals surface area (Å²) < 4.78 is 0.966. The summed E-state index contributed by atoms with van der Waals surface area (Å²) in [6, 6.07) is 2.37. The van der Waals surface area contributed by atoms with Crippen LogP contribution in [0.25, 0.3) is 0 Å². The van der Waals surface area contributed by atoms with E-state index in [-0.39, 0.29) is 0 Å². The third-order valence-corrected chi connectivity index (χ3v) is 4.26. The first kappa shape index (κ1) is 14.4. The molecule has 0 fully saturated rings. The van der Waals surface area contributed by atoms with Gasteiger partial charge in [-0.1, -0.05) is 36.9 Å². The van der Waals surface area contributed by atoms with Gasteiger partial charge in [-0.2, -0.15) is 5.26 Å². The van der Waals surface area contributed by atoms with Gasteiger partial charge in [0.2, 0.25) is 0 Å². The minimum atomic E-state index is -0.451. The summed E-state index contributed by atoms with van der Waals surface area (Å²) in [7, 11) is 0. The molecule has 0 aliphatic rings. The highest BCUT2D eigenvalue weighted by Crippen LogP contribution is 2.29. The lowest BCUT2D eigenvalue weighted by molar-refractivity contribution is 0.418. The number of hydrogen-bond donors (Lipinski definition) is 1. The highest BCUT2D eigenvalue weighted by molar-refractivity contribution is 8.01. The number of thioether (sulfide) groups is 1. The molecule has 0 amide bonds. The molecule has 0 radical (unpaired) electrons. The van der Waals surface area contributed by atoms with Crippen LogP contribution in [0.4, 0.5) is 0 Å². The molecular weight excluding hydrogens is 252 g/mol. The molecule has 0 saturated heterocycles. The van der Waals surface area contributed by atoms with Crippen molar-refractivity contribution in [2.24, 2.45) is 0 Å². The summed E-state index contributed by atoms with van der Waals surface area (Å²) in [5.41, 5.74) is 1.28. The lowest BCUT2D eigenvalue weighted by atomic mass is 9.98. The molecule has 2 unspecified atom stereocenters. The molecule has 0 aromatic carbocycles. The number of nitrogens with zero attached hydrogens (tertiary/aromatic N) is 3. The Labute approximate surface area is 111 Å². The van der Waals surface area contributed by atoms with Crippen molar-refractivity contribution < 1.29 is 0 Å². The average Bonchev–Trinajstić information content (AvgIpc) is 2.79. The van der Waals surface area contributed by atoms with Crippen LogP contribution in [-0.4, -0.2) is 27.5 Å². The Hall–Kier alpha value is -0.640. The second kappa shape index (κ2) is 6.94. The molecule has 1 heterocycles. The van der Waals surface area contributed by atoms with Gasteiger partial charge in [0.15, 0.2) is 4.34 Å². The van der Waals surface area contributed by atoms with Crippen molar-refractivity contribution >= 4 is 23.1 Å². The number of rotatable bonds is 7. The molecule has 1 aromatic heterocycles. The maximum absolute atomic E-state index is 9.24. The summed E-state index contributed by atoms with van der Waals surface area (Å²) in [6.07, 6.45) is 1.84. The Bertz CT molecular complexity index is 360. The smallest absolute Gasteiger partial charge is 0.174 e. The van der Waals surface area contributed by atoms with Crippen LogP contribution in [0.1, 0.15) is 33.6 Å². The lowest BCUT2D eigenvalue weighted by Gasteiger charge is -2.25. The van der Waals surface area contributed by atoms with Gasteiger partial charge in [0, 0.05) is 5.25 Å². The summed E-state index contributed by atoms with van der Waals surface area (Å²) in [5, 5.41) is 20.7. The largest absolute Gasteiger partial charge is 0.300 e. The molecule has 0 aliphatic carbocycles. The predicted octanol–water partition coefficient (Wildman–Crippen LogP) is 2.69. The SMILES string of the molecule is CCCNC(C)(C#N)CC(C)Sc1nncs1. The second-order valence-electron chi connectivity index (χ2n) is 4.21. The van der Waals surface area contributed by atoms with Crippen LogP contribution in [0.15, 0.2) is 9.85 Å². The minimum absolute atomic E-state index is 0.344. The van der Waals surface area contributed by atoms with Gasteiger partial charge in [0.25, 0.3) is 0 Å². The van der Waals surface area contributed by atoms with Crippen LogP contribution in [0.2, 0.25) is 0 Å². The summed E-state index contributed by atoms with van der Waals surface area (Å²) in [6.45, 7) is 7.06. The van der Waals surface area contributed by atoms with Crippen molar-refractivity contribution in [2.45, 2.75) is 48.7 Å². The van der Waals surface area contributed by atoms with Gasteiger partial charge in [0.05, 0.1) is 6.07 Å². The quantitative estimate of drug-likeness (QED) is 0.772. The summed E-state index contributed by atoms with van der Waals surface area (Å²) in [4.78, 5) is 0. The highest BCUT2D eigenvalue weighted by Gasteiger charge is 2.26. The van der Waals surface area contributed by atoms with E-state index < -0.39 is 5.54 Å².